The van der Waals surface area contributed by atoms with Gasteiger partial charge in [-0.2, -0.15) is 0 Å². The van der Waals surface area contributed by atoms with Gasteiger partial charge in [0.2, 0.25) is 0 Å². The van der Waals surface area contributed by atoms with Crippen molar-refractivity contribution >= 4 is 0 Å². The van der Waals surface area contributed by atoms with Crippen LogP contribution in [0.3, 0.4) is 0 Å². The Kier molecular flexibility index (Phi) is 7.99. The van der Waals surface area contributed by atoms with E-state index < -0.39 is 0 Å². The molecule has 1 saturated carbocycles. The van der Waals surface area contributed by atoms with Crippen LogP contribution >= 0.6 is 0 Å². The summed E-state index contributed by atoms with van der Waals surface area (Å²) in [7, 11) is 0. The van der Waals surface area contributed by atoms with Crippen LogP contribution in [0.1, 0.15) is 91.5 Å². The first-order chi connectivity index (χ1) is 15.7. The van der Waals surface area contributed by atoms with Gasteiger partial charge < -0.3 is 0 Å². The van der Waals surface area contributed by atoms with Crippen molar-refractivity contribution in [1.82, 2.24) is 0 Å². The minimum atomic E-state index is 0.562. The third kappa shape index (κ3) is 6.00. The predicted molar refractivity (Wildman–Crippen MR) is 139 cm³/mol. The van der Waals surface area contributed by atoms with Crippen LogP contribution in [0.2, 0.25) is 0 Å². The van der Waals surface area contributed by atoms with Crippen molar-refractivity contribution in [2.24, 2.45) is 0 Å². The van der Waals surface area contributed by atoms with Gasteiger partial charge in [0.15, 0.2) is 0 Å². The van der Waals surface area contributed by atoms with Gasteiger partial charge in [0.1, 0.15) is 0 Å². The van der Waals surface area contributed by atoms with Gasteiger partial charge in [0, 0.05) is 0 Å². The van der Waals surface area contributed by atoms with E-state index in [1.54, 1.807) is 11.1 Å². The summed E-state index contributed by atoms with van der Waals surface area (Å²) in [5.74, 6) is 2.03. The minimum Gasteiger partial charge on any atom is -0.0917 e. The lowest BCUT2D eigenvalue weighted by molar-refractivity contribution is 0.396. The zero-order chi connectivity index (χ0) is 22.2. The molecule has 0 aliphatic heterocycles. The lowest BCUT2D eigenvalue weighted by atomic mass is 9.76. The first-order valence-corrected chi connectivity index (χ1v) is 12.6. The first kappa shape index (κ1) is 22.6. The molecule has 1 aliphatic carbocycles. The molecule has 1 atom stereocenters. The summed E-state index contributed by atoms with van der Waals surface area (Å²) in [5, 5.41) is 0. The molecule has 0 aromatic heterocycles. The number of rotatable bonds is 8. The molecule has 0 spiro atoms. The summed E-state index contributed by atoms with van der Waals surface area (Å²) >= 11 is 0. The fraction of sp³-hybridized carbons (Fsp3) is 0.375. The Morgan fingerprint density at radius 3 is 1.78 bits per heavy atom. The Labute approximate surface area is 195 Å². The molecule has 3 aromatic carbocycles. The predicted octanol–water partition coefficient (Wildman–Crippen LogP) is 8.98. The van der Waals surface area contributed by atoms with E-state index in [1.807, 2.05) is 0 Å². The molecule has 4 rings (SSSR count). The standard InChI is InChI=1S/C32H38/c1-3-4-6-9-26-12-16-29(17-13-26)31-20-22-32(23-21-31)30-18-14-27(15-19-30)24-25(2)28-10-7-5-8-11-28/h3-5,7-8,10-19,25,31-32H,6,9,20-24H2,1-2H3/t25-,31?,32?/m0/s1. The Morgan fingerprint density at radius 1 is 0.719 bits per heavy atom. The van der Waals surface area contributed by atoms with Crippen LogP contribution in [0.15, 0.2) is 91.0 Å². The Morgan fingerprint density at radius 2 is 1.25 bits per heavy atom. The van der Waals surface area contributed by atoms with E-state index in [4.69, 9.17) is 0 Å². The van der Waals surface area contributed by atoms with Crippen molar-refractivity contribution in [2.75, 3.05) is 0 Å². The number of hydrogen-bond donors (Lipinski definition) is 0. The average molecular weight is 423 g/mol. The summed E-state index contributed by atoms with van der Waals surface area (Å²) in [6, 6.07) is 29.9. The maximum atomic E-state index is 2.40. The van der Waals surface area contributed by atoms with Gasteiger partial charge in [-0.1, -0.05) is 97.9 Å². The lowest BCUT2D eigenvalue weighted by Gasteiger charge is -2.29. The molecule has 32 heavy (non-hydrogen) atoms. The van der Waals surface area contributed by atoms with Crippen molar-refractivity contribution in [3.63, 3.8) is 0 Å². The fourth-order valence-electron chi connectivity index (χ4n) is 5.31. The molecule has 0 radical (unpaired) electrons. The fourth-order valence-corrected chi connectivity index (χ4v) is 5.31. The number of allylic oxidation sites excluding steroid dienone is 2. The van der Waals surface area contributed by atoms with Crippen molar-refractivity contribution in [2.45, 2.75) is 76.5 Å². The molecule has 1 aliphatic rings. The van der Waals surface area contributed by atoms with Gasteiger partial charge in [-0.25, -0.2) is 0 Å². The van der Waals surface area contributed by atoms with Crippen LogP contribution < -0.4 is 0 Å². The van der Waals surface area contributed by atoms with E-state index in [0.29, 0.717) is 5.92 Å². The Hall–Kier alpha value is -2.60. The van der Waals surface area contributed by atoms with Crippen LogP contribution in [0.4, 0.5) is 0 Å². The van der Waals surface area contributed by atoms with Gasteiger partial charge in [0.05, 0.1) is 0 Å². The van der Waals surface area contributed by atoms with E-state index >= 15 is 0 Å². The van der Waals surface area contributed by atoms with Crippen molar-refractivity contribution in [3.05, 3.63) is 119 Å². The zero-order valence-corrected chi connectivity index (χ0v) is 19.8. The highest BCUT2D eigenvalue weighted by Gasteiger charge is 2.23. The maximum Gasteiger partial charge on any atom is -0.0150 e. The molecule has 3 aromatic rings. The third-order valence-corrected chi connectivity index (χ3v) is 7.38. The van der Waals surface area contributed by atoms with Crippen molar-refractivity contribution in [1.29, 1.82) is 0 Å². The molecule has 0 heterocycles. The van der Waals surface area contributed by atoms with Crippen LogP contribution in [0, 0.1) is 0 Å². The first-order valence-electron chi connectivity index (χ1n) is 12.6. The largest absolute Gasteiger partial charge is 0.0917 e. The molecule has 0 bridgehead atoms. The van der Waals surface area contributed by atoms with Gasteiger partial charge in [0.25, 0.3) is 0 Å². The van der Waals surface area contributed by atoms with Gasteiger partial charge >= 0.3 is 0 Å². The van der Waals surface area contributed by atoms with Crippen LogP contribution in [-0.4, -0.2) is 0 Å². The quantitative estimate of drug-likeness (QED) is 0.318. The third-order valence-electron chi connectivity index (χ3n) is 7.38. The molecule has 166 valence electrons. The molecule has 0 N–H and O–H groups in total. The second kappa shape index (κ2) is 11.3. The second-order valence-corrected chi connectivity index (χ2v) is 9.66. The smallest absolute Gasteiger partial charge is 0.0150 e. The second-order valence-electron chi connectivity index (χ2n) is 9.66. The average Bonchev–Trinajstić information content (AvgIpc) is 2.86. The van der Waals surface area contributed by atoms with E-state index in [-0.39, 0.29) is 0 Å². The van der Waals surface area contributed by atoms with E-state index in [9.17, 15) is 0 Å². The Balaban J connectivity index is 1.28. The lowest BCUT2D eigenvalue weighted by Crippen LogP contribution is -2.12. The minimum absolute atomic E-state index is 0.562. The summed E-state index contributed by atoms with van der Waals surface area (Å²) in [4.78, 5) is 0. The summed E-state index contributed by atoms with van der Waals surface area (Å²) < 4.78 is 0. The van der Waals surface area contributed by atoms with E-state index in [2.05, 4.69) is 105 Å². The van der Waals surface area contributed by atoms with Gasteiger partial charge in [-0.3, -0.25) is 0 Å². The van der Waals surface area contributed by atoms with E-state index in [0.717, 1.165) is 31.1 Å². The molecule has 0 saturated heterocycles. The number of hydrogen-bond acceptors (Lipinski definition) is 0. The highest BCUT2D eigenvalue weighted by atomic mass is 14.3. The molecular formula is C32H38. The maximum absolute atomic E-state index is 2.40. The molecule has 0 unspecified atom stereocenters. The van der Waals surface area contributed by atoms with Gasteiger partial charge in [-0.05, 0) is 97.4 Å². The highest BCUT2D eigenvalue weighted by Crippen LogP contribution is 2.40. The van der Waals surface area contributed by atoms with Crippen molar-refractivity contribution in [3.8, 4) is 0 Å². The molecule has 0 heteroatoms. The van der Waals surface area contributed by atoms with Crippen LogP contribution in [-0.2, 0) is 12.8 Å². The topological polar surface area (TPSA) is 0 Å². The normalized spacial score (nSPS) is 19.8. The SMILES string of the molecule is CC=CCCc1ccc(C2CCC(c3ccc(C[C@H](C)c4ccccc4)cc3)CC2)cc1. The highest BCUT2D eigenvalue weighted by molar-refractivity contribution is 5.30. The number of aryl methyl sites for hydroxylation is 1. The molecule has 0 nitrogen and oxygen atoms in total. The zero-order valence-electron chi connectivity index (χ0n) is 19.8. The molecule has 0 amide bonds. The van der Waals surface area contributed by atoms with Crippen LogP contribution in [0.5, 0.6) is 0 Å². The summed E-state index contributed by atoms with van der Waals surface area (Å²) in [6.45, 7) is 4.43. The Bertz CT molecular complexity index is 955. The molecular weight excluding hydrogens is 384 g/mol. The number of benzene rings is 3. The molecule has 1 fully saturated rings. The monoisotopic (exact) mass is 422 g/mol. The summed E-state index contributed by atoms with van der Waals surface area (Å²) in [5.41, 5.74) is 7.43. The van der Waals surface area contributed by atoms with Gasteiger partial charge in [-0.15, -0.1) is 0 Å². The van der Waals surface area contributed by atoms with Crippen LogP contribution in [0.25, 0.3) is 0 Å². The summed E-state index contributed by atoms with van der Waals surface area (Å²) in [6.07, 6.45) is 13.1. The van der Waals surface area contributed by atoms with Crippen molar-refractivity contribution < 1.29 is 0 Å². The van der Waals surface area contributed by atoms with E-state index in [1.165, 1.54) is 42.4 Å².